The highest BCUT2D eigenvalue weighted by molar-refractivity contribution is 6.29. The van der Waals surface area contributed by atoms with Crippen LogP contribution in [0.1, 0.15) is 0 Å². The summed E-state index contributed by atoms with van der Waals surface area (Å²) < 4.78 is 2.42. The fourth-order valence-electron chi connectivity index (χ4n) is 0.953. The van der Waals surface area contributed by atoms with E-state index in [1.54, 1.807) is 12.1 Å². The standard InChI is InChI=1S/C10H6Cl2IN2/c11-9-3-1-7(5-14-9)13-8-2-4-10(12)15-6-8/h1-6H/q+1. The smallest absolute Gasteiger partial charge is 0.240 e. The summed E-state index contributed by atoms with van der Waals surface area (Å²) in [6.07, 6.45) is 3.62. The molecule has 0 N–H and O–H groups in total. The Balaban J connectivity index is 2.15. The van der Waals surface area contributed by atoms with Crippen molar-refractivity contribution >= 4 is 23.2 Å². The van der Waals surface area contributed by atoms with Crippen LogP contribution >= 0.6 is 23.2 Å². The number of nitrogens with zero attached hydrogens (tertiary/aromatic N) is 2. The van der Waals surface area contributed by atoms with Crippen LogP contribution in [-0.2, 0) is 0 Å². The minimum atomic E-state index is -0.239. The molecular formula is C10H6Cl2IN2+. The molecule has 0 bridgehead atoms. The van der Waals surface area contributed by atoms with Gasteiger partial charge in [-0.05, 0) is 24.3 Å². The molecule has 0 unspecified atom stereocenters. The van der Waals surface area contributed by atoms with Crippen molar-refractivity contribution in [1.29, 1.82) is 0 Å². The first kappa shape index (κ1) is 11.1. The molecule has 0 fully saturated rings. The van der Waals surface area contributed by atoms with Crippen LogP contribution in [-0.4, -0.2) is 9.97 Å². The van der Waals surface area contributed by atoms with Crippen LogP contribution in [0.25, 0.3) is 0 Å². The molecule has 2 aromatic heterocycles. The summed E-state index contributed by atoms with van der Waals surface area (Å²) in [5, 5.41) is 1.05. The second-order valence-corrected chi connectivity index (χ2v) is 6.50. The predicted octanol–water partition coefficient (Wildman–Crippen LogP) is -0.0882. The number of pyridine rings is 2. The van der Waals surface area contributed by atoms with E-state index < -0.39 is 0 Å². The fourth-order valence-corrected chi connectivity index (χ4v) is 3.17. The van der Waals surface area contributed by atoms with Gasteiger partial charge in [0.1, 0.15) is 10.3 Å². The summed E-state index contributed by atoms with van der Waals surface area (Å²) in [6, 6.07) is 7.61. The highest BCUT2D eigenvalue weighted by Crippen LogP contribution is 2.00. The van der Waals surface area contributed by atoms with E-state index in [1.165, 1.54) is 7.14 Å². The van der Waals surface area contributed by atoms with Crippen molar-refractivity contribution in [3.8, 4) is 0 Å². The average Bonchev–Trinajstić information content (AvgIpc) is 2.25. The van der Waals surface area contributed by atoms with Crippen molar-refractivity contribution in [1.82, 2.24) is 9.97 Å². The normalized spacial score (nSPS) is 10.3. The van der Waals surface area contributed by atoms with E-state index in [1.807, 2.05) is 24.5 Å². The van der Waals surface area contributed by atoms with Crippen LogP contribution in [0, 0.1) is 7.14 Å². The van der Waals surface area contributed by atoms with Gasteiger partial charge in [-0.2, -0.15) is 0 Å². The third kappa shape index (κ3) is 3.29. The average molecular weight is 352 g/mol. The van der Waals surface area contributed by atoms with Crippen LogP contribution in [0.2, 0.25) is 10.3 Å². The Kier molecular flexibility index (Phi) is 3.77. The van der Waals surface area contributed by atoms with Crippen molar-refractivity contribution in [2.24, 2.45) is 0 Å². The van der Waals surface area contributed by atoms with E-state index in [0.29, 0.717) is 10.3 Å². The molecule has 0 saturated carbocycles. The molecule has 2 aromatic rings. The number of hydrogen-bond acceptors (Lipinski definition) is 2. The van der Waals surface area contributed by atoms with Gasteiger partial charge >= 0.3 is 21.2 Å². The Morgan fingerprint density at radius 2 is 1.27 bits per heavy atom. The maximum atomic E-state index is 5.71. The molecule has 0 radical (unpaired) electrons. The zero-order chi connectivity index (χ0) is 10.7. The van der Waals surface area contributed by atoms with E-state index in [9.17, 15) is 0 Å². The van der Waals surface area contributed by atoms with Crippen LogP contribution < -0.4 is 21.2 Å². The lowest BCUT2D eigenvalue weighted by Crippen LogP contribution is -3.61. The molecule has 0 aliphatic carbocycles. The van der Waals surface area contributed by atoms with Gasteiger partial charge < -0.3 is 0 Å². The van der Waals surface area contributed by atoms with Crippen LogP contribution in [0.5, 0.6) is 0 Å². The molecule has 0 atom stereocenters. The summed E-state index contributed by atoms with van der Waals surface area (Å²) in [5.41, 5.74) is 0. The molecule has 0 aromatic carbocycles. The Hall–Kier alpha value is -0.390. The lowest BCUT2D eigenvalue weighted by Gasteiger charge is -1.88. The number of aromatic nitrogens is 2. The summed E-state index contributed by atoms with van der Waals surface area (Å²) in [7, 11) is 0. The second kappa shape index (κ2) is 5.09. The minimum absolute atomic E-state index is 0.239. The summed E-state index contributed by atoms with van der Waals surface area (Å²) in [5.74, 6) is 0. The molecule has 0 spiro atoms. The SMILES string of the molecule is Clc1ccc([I+]c2ccc(Cl)nc2)cn1. The predicted molar refractivity (Wildman–Crippen MR) is 55.9 cm³/mol. The van der Waals surface area contributed by atoms with E-state index in [0.717, 1.165) is 0 Å². The van der Waals surface area contributed by atoms with Crippen molar-refractivity contribution in [3.63, 3.8) is 0 Å². The molecule has 5 heteroatoms. The van der Waals surface area contributed by atoms with E-state index in [4.69, 9.17) is 23.2 Å². The van der Waals surface area contributed by atoms with Gasteiger partial charge in [0.15, 0.2) is 0 Å². The molecule has 0 saturated heterocycles. The number of rotatable bonds is 2. The van der Waals surface area contributed by atoms with Gasteiger partial charge in [0.2, 0.25) is 7.14 Å². The van der Waals surface area contributed by atoms with Crippen LogP contribution in [0.3, 0.4) is 0 Å². The van der Waals surface area contributed by atoms with E-state index in [2.05, 4.69) is 9.97 Å². The van der Waals surface area contributed by atoms with Gasteiger partial charge in [0.25, 0.3) is 0 Å². The van der Waals surface area contributed by atoms with Crippen molar-refractivity contribution in [2.75, 3.05) is 0 Å². The Morgan fingerprint density at radius 3 is 1.60 bits per heavy atom. The Labute approximate surface area is 108 Å². The molecule has 2 heterocycles. The van der Waals surface area contributed by atoms with Crippen molar-refractivity contribution in [3.05, 3.63) is 54.1 Å². The van der Waals surface area contributed by atoms with E-state index in [-0.39, 0.29) is 21.2 Å². The lowest BCUT2D eigenvalue weighted by molar-refractivity contribution is -0.598. The Bertz CT molecular complexity index is 398. The first-order chi connectivity index (χ1) is 7.24. The maximum absolute atomic E-state index is 5.71. The monoisotopic (exact) mass is 351 g/mol. The summed E-state index contributed by atoms with van der Waals surface area (Å²) in [4.78, 5) is 8.08. The van der Waals surface area contributed by atoms with E-state index >= 15 is 0 Å². The third-order valence-electron chi connectivity index (χ3n) is 1.60. The molecule has 2 rings (SSSR count). The van der Waals surface area contributed by atoms with Crippen molar-refractivity contribution < 1.29 is 21.2 Å². The molecular weight excluding hydrogens is 346 g/mol. The molecule has 0 aliphatic heterocycles. The van der Waals surface area contributed by atoms with Gasteiger partial charge in [-0.25, -0.2) is 9.97 Å². The highest BCUT2D eigenvalue weighted by Gasteiger charge is 2.15. The zero-order valence-corrected chi connectivity index (χ0v) is 11.2. The van der Waals surface area contributed by atoms with Gasteiger partial charge in [-0.3, -0.25) is 0 Å². The lowest BCUT2D eigenvalue weighted by atomic mass is 10.5. The van der Waals surface area contributed by atoms with Crippen molar-refractivity contribution in [2.45, 2.75) is 0 Å². The summed E-state index contributed by atoms with van der Waals surface area (Å²) in [6.45, 7) is 0. The second-order valence-electron chi connectivity index (χ2n) is 2.69. The zero-order valence-electron chi connectivity index (χ0n) is 7.49. The third-order valence-corrected chi connectivity index (χ3v) is 4.57. The molecule has 0 amide bonds. The molecule has 0 aliphatic rings. The molecule has 15 heavy (non-hydrogen) atoms. The topological polar surface area (TPSA) is 25.8 Å². The quantitative estimate of drug-likeness (QED) is 0.558. The van der Waals surface area contributed by atoms with Gasteiger partial charge in [-0.1, -0.05) is 23.2 Å². The summed E-state index contributed by atoms with van der Waals surface area (Å²) >= 11 is 11.2. The number of halogens is 3. The molecule has 76 valence electrons. The highest BCUT2D eigenvalue weighted by atomic mass is 127. The first-order valence-corrected chi connectivity index (χ1v) is 7.03. The molecule has 2 nitrogen and oxygen atoms in total. The largest absolute Gasteiger partial charge is 0.361 e. The minimum Gasteiger partial charge on any atom is -0.240 e. The Morgan fingerprint density at radius 1 is 0.800 bits per heavy atom. The van der Waals surface area contributed by atoms with Gasteiger partial charge in [0, 0.05) is 0 Å². The van der Waals surface area contributed by atoms with Gasteiger partial charge in [0.05, 0.1) is 12.4 Å². The number of hydrogen-bond donors (Lipinski definition) is 0. The fraction of sp³-hybridized carbons (Fsp3) is 0. The maximum Gasteiger partial charge on any atom is 0.361 e. The van der Waals surface area contributed by atoms with Gasteiger partial charge in [-0.15, -0.1) is 0 Å². The van der Waals surface area contributed by atoms with Crippen LogP contribution in [0.15, 0.2) is 36.7 Å². The first-order valence-electron chi connectivity index (χ1n) is 4.12. The van der Waals surface area contributed by atoms with Crippen LogP contribution in [0.4, 0.5) is 0 Å².